The Kier molecular flexibility index (Phi) is 7.06. The van der Waals surface area contributed by atoms with Crippen LogP contribution >= 0.6 is 23.1 Å². The van der Waals surface area contributed by atoms with E-state index in [4.69, 9.17) is 4.98 Å². The first kappa shape index (κ1) is 22.8. The molecule has 1 amide bonds. The Morgan fingerprint density at radius 1 is 1.15 bits per heavy atom. The Morgan fingerprint density at radius 2 is 2.03 bits per heavy atom. The predicted molar refractivity (Wildman–Crippen MR) is 140 cm³/mol. The van der Waals surface area contributed by atoms with Gasteiger partial charge in [-0.2, -0.15) is 0 Å². The third-order valence-electron chi connectivity index (χ3n) is 5.99. The van der Waals surface area contributed by atoms with Crippen LogP contribution in [0.1, 0.15) is 37.7 Å². The summed E-state index contributed by atoms with van der Waals surface area (Å²) >= 11 is 2.68. The van der Waals surface area contributed by atoms with Gasteiger partial charge in [-0.15, -0.1) is 11.3 Å². The monoisotopic (exact) mass is 490 g/mol. The van der Waals surface area contributed by atoms with E-state index >= 15 is 0 Å². The zero-order valence-corrected chi connectivity index (χ0v) is 20.5. The lowest BCUT2D eigenvalue weighted by atomic mass is 9.97. The molecule has 3 aromatic heterocycles. The first-order valence-corrected chi connectivity index (χ1v) is 13.4. The van der Waals surface area contributed by atoms with Gasteiger partial charge < -0.3 is 5.32 Å². The molecule has 8 heteroatoms. The number of hydrogen-bond donors (Lipinski definition) is 1. The highest BCUT2D eigenvalue weighted by atomic mass is 32.2. The van der Waals surface area contributed by atoms with Crippen LogP contribution in [0, 0.1) is 0 Å². The molecule has 5 rings (SSSR count). The highest BCUT2D eigenvalue weighted by Crippen LogP contribution is 2.30. The molecule has 34 heavy (non-hydrogen) atoms. The second-order valence-electron chi connectivity index (χ2n) is 8.40. The van der Waals surface area contributed by atoms with Gasteiger partial charge in [-0.25, -0.2) is 9.97 Å². The van der Waals surface area contributed by atoms with Gasteiger partial charge in [-0.1, -0.05) is 53.7 Å². The molecule has 0 fully saturated rings. The van der Waals surface area contributed by atoms with Gasteiger partial charge in [-0.05, 0) is 49.8 Å². The molecule has 4 aromatic rings. The number of carbonyl (C=O) groups excluding carboxylic acids is 1. The van der Waals surface area contributed by atoms with E-state index in [-0.39, 0.29) is 17.2 Å². The summed E-state index contributed by atoms with van der Waals surface area (Å²) in [6, 6.07) is 13.6. The SMILES string of the molecule is O=C(CSc1nc2c(sc3ncccc32)c(=O)n1Cc1ccccc1)NCCC1=CCCCC1. The number of aromatic nitrogens is 3. The summed E-state index contributed by atoms with van der Waals surface area (Å²) in [4.78, 5) is 36.1. The second-order valence-corrected chi connectivity index (χ2v) is 10.3. The number of thiophene rings is 1. The lowest BCUT2D eigenvalue weighted by Crippen LogP contribution is -2.28. The van der Waals surface area contributed by atoms with E-state index in [0.29, 0.717) is 28.5 Å². The molecule has 0 radical (unpaired) electrons. The molecule has 1 aromatic carbocycles. The second kappa shape index (κ2) is 10.5. The first-order chi connectivity index (χ1) is 16.7. The maximum absolute atomic E-state index is 13.5. The van der Waals surface area contributed by atoms with Crippen LogP contribution in [0.25, 0.3) is 20.4 Å². The molecular weight excluding hydrogens is 464 g/mol. The van der Waals surface area contributed by atoms with Gasteiger partial charge in [-0.3, -0.25) is 14.2 Å². The van der Waals surface area contributed by atoms with Crippen LogP contribution in [0.15, 0.2) is 70.3 Å². The molecule has 0 bridgehead atoms. The Hall–Kier alpha value is -2.97. The van der Waals surface area contributed by atoms with Gasteiger partial charge in [0.1, 0.15) is 9.53 Å². The predicted octanol–water partition coefficient (Wildman–Crippen LogP) is 5.15. The van der Waals surface area contributed by atoms with Crippen LogP contribution in [0.3, 0.4) is 0 Å². The van der Waals surface area contributed by atoms with Crippen molar-refractivity contribution in [3.8, 4) is 0 Å². The van der Waals surface area contributed by atoms with Crippen molar-refractivity contribution in [3.05, 3.63) is 76.2 Å². The van der Waals surface area contributed by atoms with Crippen molar-refractivity contribution in [3.63, 3.8) is 0 Å². The van der Waals surface area contributed by atoms with Gasteiger partial charge in [0.25, 0.3) is 5.56 Å². The van der Waals surface area contributed by atoms with Gasteiger partial charge in [0.15, 0.2) is 5.16 Å². The summed E-state index contributed by atoms with van der Waals surface area (Å²) in [5.74, 6) is 0.172. The summed E-state index contributed by atoms with van der Waals surface area (Å²) in [5.41, 5.74) is 3.02. The maximum Gasteiger partial charge on any atom is 0.272 e. The number of amides is 1. The fourth-order valence-corrected chi connectivity index (χ4v) is 6.08. The fraction of sp³-hybridized carbons (Fsp3) is 0.308. The Morgan fingerprint density at radius 3 is 2.85 bits per heavy atom. The minimum Gasteiger partial charge on any atom is -0.355 e. The number of nitrogens with zero attached hydrogens (tertiary/aromatic N) is 3. The van der Waals surface area contributed by atoms with Crippen LogP contribution in [0.4, 0.5) is 0 Å². The summed E-state index contributed by atoms with van der Waals surface area (Å²) in [7, 11) is 0. The number of rotatable bonds is 8. The summed E-state index contributed by atoms with van der Waals surface area (Å²) in [6.45, 7) is 1.05. The van der Waals surface area contributed by atoms with E-state index in [0.717, 1.165) is 35.0 Å². The average Bonchev–Trinajstić information content (AvgIpc) is 3.25. The molecule has 174 valence electrons. The summed E-state index contributed by atoms with van der Waals surface area (Å²) < 4.78 is 2.27. The van der Waals surface area contributed by atoms with Crippen LogP contribution < -0.4 is 10.9 Å². The van der Waals surface area contributed by atoms with E-state index in [2.05, 4.69) is 16.4 Å². The van der Waals surface area contributed by atoms with E-state index < -0.39 is 0 Å². The minimum atomic E-state index is -0.0935. The number of pyridine rings is 1. The lowest BCUT2D eigenvalue weighted by molar-refractivity contribution is -0.118. The molecule has 0 spiro atoms. The number of benzene rings is 1. The lowest BCUT2D eigenvalue weighted by Gasteiger charge is -2.14. The highest BCUT2D eigenvalue weighted by Gasteiger charge is 2.18. The summed E-state index contributed by atoms with van der Waals surface area (Å²) in [6.07, 6.45) is 9.75. The van der Waals surface area contributed by atoms with Crippen molar-refractivity contribution in [1.82, 2.24) is 19.9 Å². The van der Waals surface area contributed by atoms with Crippen LogP contribution in [0.5, 0.6) is 0 Å². The number of nitrogens with one attached hydrogen (secondary N) is 1. The van der Waals surface area contributed by atoms with Crippen LogP contribution in [-0.2, 0) is 11.3 Å². The van der Waals surface area contributed by atoms with E-state index in [1.54, 1.807) is 10.8 Å². The third kappa shape index (κ3) is 5.08. The fourth-order valence-electron chi connectivity index (χ4n) is 4.23. The largest absolute Gasteiger partial charge is 0.355 e. The number of thioether (sulfide) groups is 1. The molecule has 6 nitrogen and oxygen atoms in total. The molecule has 3 heterocycles. The normalized spacial score (nSPS) is 13.8. The molecule has 0 saturated carbocycles. The molecule has 0 unspecified atom stereocenters. The minimum absolute atomic E-state index is 0.0427. The summed E-state index contributed by atoms with van der Waals surface area (Å²) in [5, 5.41) is 4.45. The van der Waals surface area contributed by atoms with Gasteiger partial charge in [0.2, 0.25) is 5.91 Å². The quantitative estimate of drug-likeness (QED) is 0.210. The molecule has 0 saturated heterocycles. The average molecular weight is 491 g/mol. The van der Waals surface area contributed by atoms with Crippen molar-refractivity contribution >= 4 is 49.4 Å². The Bertz CT molecular complexity index is 1410. The number of hydrogen-bond acceptors (Lipinski definition) is 6. The molecule has 1 aliphatic rings. The smallest absolute Gasteiger partial charge is 0.272 e. The van der Waals surface area contributed by atoms with E-state index in [9.17, 15) is 9.59 Å². The first-order valence-electron chi connectivity index (χ1n) is 11.6. The van der Waals surface area contributed by atoms with Crippen LogP contribution in [-0.4, -0.2) is 32.7 Å². The standard InChI is InChI=1S/C26H26N4O2S2/c31-21(27-15-13-18-8-3-1-4-9-18)17-33-26-29-22-20-12-7-14-28-24(20)34-23(22)25(32)30(26)16-19-10-5-2-6-11-19/h2,5-8,10-12,14H,1,3-4,9,13,15-17H2,(H,27,31). The van der Waals surface area contributed by atoms with Crippen molar-refractivity contribution in [2.24, 2.45) is 0 Å². The number of allylic oxidation sites excluding steroid dienone is 1. The zero-order chi connectivity index (χ0) is 23.3. The topological polar surface area (TPSA) is 76.9 Å². The molecular formula is C26H26N4O2S2. The molecule has 1 aliphatic carbocycles. The zero-order valence-electron chi connectivity index (χ0n) is 18.8. The van der Waals surface area contributed by atoms with Gasteiger partial charge in [0.05, 0.1) is 17.8 Å². The van der Waals surface area contributed by atoms with Crippen molar-refractivity contribution in [2.75, 3.05) is 12.3 Å². The van der Waals surface area contributed by atoms with Crippen molar-refractivity contribution < 1.29 is 4.79 Å². The van der Waals surface area contributed by atoms with Gasteiger partial charge in [0, 0.05) is 18.1 Å². The number of fused-ring (bicyclic) bond motifs is 3. The van der Waals surface area contributed by atoms with E-state index in [1.165, 1.54) is 41.5 Å². The van der Waals surface area contributed by atoms with E-state index in [1.807, 2.05) is 42.5 Å². The van der Waals surface area contributed by atoms with Crippen molar-refractivity contribution in [2.45, 2.75) is 43.8 Å². The maximum atomic E-state index is 13.5. The molecule has 0 atom stereocenters. The molecule has 1 N–H and O–H groups in total. The highest BCUT2D eigenvalue weighted by molar-refractivity contribution is 7.99. The molecule has 0 aliphatic heterocycles. The van der Waals surface area contributed by atoms with Crippen molar-refractivity contribution in [1.29, 1.82) is 0 Å². The Labute approximate surface area is 206 Å². The third-order valence-corrected chi connectivity index (χ3v) is 8.05. The van der Waals surface area contributed by atoms with Crippen LogP contribution in [0.2, 0.25) is 0 Å². The number of carbonyl (C=O) groups is 1. The Balaban J connectivity index is 1.38. The van der Waals surface area contributed by atoms with Gasteiger partial charge >= 0.3 is 0 Å².